The second-order valence-corrected chi connectivity index (χ2v) is 5.85. The zero-order chi connectivity index (χ0) is 12.9. The number of nitrogens with zero attached hydrogens (tertiary/aromatic N) is 3. The summed E-state index contributed by atoms with van der Waals surface area (Å²) in [5.74, 6) is 0. The van der Waals surface area contributed by atoms with E-state index in [-0.39, 0.29) is 5.57 Å². The molecular formula is C11H8ClN3OS. The van der Waals surface area contributed by atoms with Crippen molar-refractivity contribution < 1.29 is 4.21 Å². The Hall–Kier alpha value is -1.82. The van der Waals surface area contributed by atoms with E-state index in [2.05, 4.69) is 4.36 Å². The van der Waals surface area contributed by atoms with E-state index in [0.29, 0.717) is 9.92 Å². The molecule has 0 aliphatic carbocycles. The van der Waals surface area contributed by atoms with Crippen LogP contribution in [0.15, 0.2) is 45.3 Å². The molecule has 1 aromatic carbocycles. The highest BCUT2D eigenvalue weighted by molar-refractivity contribution is 7.93. The van der Waals surface area contributed by atoms with Gasteiger partial charge in [0.15, 0.2) is 0 Å². The van der Waals surface area contributed by atoms with Crippen molar-refractivity contribution in [2.24, 2.45) is 4.36 Å². The quantitative estimate of drug-likeness (QED) is 0.772. The third kappa shape index (κ3) is 3.60. The molecule has 0 spiro atoms. The van der Waals surface area contributed by atoms with Gasteiger partial charge in [-0.05, 0) is 24.3 Å². The number of hydrogen-bond donors (Lipinski definition) is 0. The minimum atomic E-state index is -2.65. The molecular weight excluding hydrogens is 258 g/mol. The van der Waals surface area contributed by atoms with E-state index >= 15 is 0 Å². The van der Waals surface area contributed by atoms with Gasteiger partial charge < -0.3 is 0 Å². The first kappa shape index (κ1) is 13.2. The molecule has 86 valence electrons. The zero-order valence-corrected chi connectivity index (χ0v) is 10.5. The van der Waals surface area contributed by atoms with Gasteiger partial charge in [0.25, 0.3) is 0 Å². The summed E-state index contributed by atoms with van der Waals surface area (Å²) in [7, 11) is -2.65. The summed E-state index contributed by atoms with van der Waals surface area (Å²) < 4.78 is 15.9. The Labute approximate surface area is 105 Å². The Morgan fingerprint density at radius 1 is 1.35 bits per heavy atom. The van der Waals surface area contributed by atoms with E-state index in [0.717, 1.165) is 6.20 Å². The summed E-state index contributed by atoms with van der Waals surface area (Å²) >= 11 is 5.71. The lowest BCUT2D eigenvalue weighted by Crippen LogP contribution is -1.96. The first-order valence-corrected chi connectivity index (χ1v) is 6.77. The Morgan fingerprint density at radius 3 is 2.35 bits per heavy atom. The predicted molar refractivity (Wildman–Crippen MR) is 65.5 cm³/mol. The molecule has 0 aliphatic rings. The number of rotatable bonds is 2. The summed E-state index contributed by atoms with van der Waals surface area (Å²) in [6, 6.07) is 9.70. The minimum absolute atomic E-state index is 0.187. The van der Waals surface area contributed by atoms with Crippen LogP contribution < -0.4 is 0 Å². The van der Waals surface area contributed by atoms with Gasteiger partial charge in [0, 0.05) is 16.2 Å². The zero-order valence-electron chi connectivity index (χ0n) is 8.92. The highest BCUT2D eigenvalue weighted by atomic mass is 35.5. The van der Waals surface area contributed by atoms with Crippen molar-refractivity contribution in [3.05, 3.63) is 41.1 Å². The van der Waals surface area contributed by atoms with Crippen LogP contribution in [-0.2, 0) is 9.73 Å². The molecule has 17 heavy (non-hydrogen) atoms. The number of nitriles is 2. The molecule has 0 amide bonds. The Kier molecular flexibility index (Phi) is 4.28. The molecule has 0 radical (unpaired) electrons. The van der Waals surface area contributed by atoms with Gasteiger partial charge in [-0.2, -0.15) is 10.5 Å². The van der Waals surface area contributed by atoms with Gasteiger partial charge in [-0.25, -0.2) is 8.57 Å². The average molecular weight is 266 g/mol. The molecule has 0 saturated heterocycles. The lowest BCUT2D eigenvalue weighted by Gasteiger charge is -2.02. The topological polar surface area (TPSA) is 77.0 Å². The lowest BCUT2D eigenvalue weighted by molar-refractivity contribution is 0.680. The number of hydrogen-bond acceptors (Lipinski definition) is 4. The van der Waals surface area contributed by atoms with Crippen molar-refractivity contribution in [2.45, 2.75) is 4.90 Å². The summed E-state index contributed by atoms with van der Waals surface area (Å²) in [6.07, 6.45) is 2.45. The molecule has 1 aromatic rings. The van der Waals surface area contributed by atoms with Crippen molar-refractivity contribution in [2.75, 3.05) is 6.26 Å². The fourth-order valence-corrected chi connectivity index (χ4v) is 2.18. The Balaban J connectivity index is 3.22. The minimum Gasteiger partial charge on any atom is -0.245 e. The van der Waals surface area contributed by atoms with Crippen molar-refractivity contribution in [1.82, 2.24) is 0 Å². The molecule has 0 aliphatic heterocycles. The van der Waals surface area contributed by atoms with Crippen LogP contribution in [0.4, 0.5) is 0 Å². The monoisotopic (exact) mass is 265 g/mol. The molecule has 1 rings (SSSR count). The highest BCUT2D eigenvalue weighted by Crippen LogP contribution is 2.16. The maximum Gasteiger partial charge on any atom is 0.148 e. The number of halogens is 1. The van der Waals surface area contributed by atoms with E-state index in [9.17, 15) is 4.21 Å². The van der Waals surface area contributed by atoms with Gasteiger partial charge in [0.1, 0.15) is 17.7 Å². The molecule has 0 heterocycles. The van der Waals surface area contributed by atoms with Crippen LogP contribution in [-0.4, -0.2) is 10.5 Å². The number of benzene rings is 1. The van der Waals surface area contributed by atoms with Crippen molar-refractivity contribution in [1.29, 1.82) is 10.5 Å². The summed E-state index contributed by atoms with van der Waals surface area (Å²) in [5, 5.41) is 17.6. The van der Waals surface area contributed by atoms with E-state index in [1.54, 1.807) is 36.4 Å². The standard InChI is InChI=1S/C11H8ClN3OS/c1-17(16,15-8-9(6-13)7-14)11-4-2-10(12)3-5-11/h2-5,8H,1H3/t17-/m1/s1. The van der Waals surface area contributed by atoms with Crippen LogP contribution in [0.3, 0.4) is 0 Å². The van der Waals surface area contributed by atoms with Gasteiger partial charge in [0.05, 0.1) is 15.9 Å². The van der Waals surface area contributed by atoms with Crippen molar-refractivity contribution in [3.8, 4) is 12.1 Å². The molecule has 6 heteroatoms. The third-order valence-corrected chi connectivity index (χ3v) is 3.78. The molecule has 0 unspecified atom stereocenters. The van der Waals surface area contributed by atoms with E-state index in [1.165, 1.54) is 6.26 Å². The fourth-order valence-electron chi connectivity index (χ4n) is 0.984. The van der Waals surface area contributed by atoms with Crippen LogP contribution >= 0.6 is 11.6 Å². The van der Waals surface area contributed by atoms with Gasteiger partial charge in [-0.3, -0.25) is 0 Å². The first-order valence-electron chi connectivity index (χ1n) is 4.47. The van der Waals surface area contributed by atoms with Gasteiger partial charge in [-0.1, -0.05) is 11.6 Å². The van der Waals surface area contributed by atoms with Crippen molar-refractivity contribution >= 4 is 21.3 Å². The second-order valence-electron chi connectivity index (χ2n) is 3.13. The maximum absolute atomic E-state index is 12.2. The Bertz CT molecular complexity index is 625. The molecule has 0 saturated carbocycles. The smallest absolute Gasteiger partial charge is 0.148 e. The average Bonchev–Trinajstić information content (AvgIpc) is 2.31. The fraction of sp³-hybridized carbons (Fsp3) is 0.0909. The summed E-state index contributed by atoms with van der Waals surface area (Å²) in [4.78, 5) is 0.494. The lowest BCUT2D eigenvalue weighted by atomic mass is 10.4. The summed E-state index contributed by atoms with van der Waals surface area (Å²) in [5.41, 5.74) is -0.187. The first-order chi connectivity index (χ1) is 7.99. The van der Waals surface area contributed by atoms with Crippen LogP contribution in [0.2, 0.25) is 5.02 Å². The van der Waals surface area contributed by atoms with Crippen LogP contribution in [0.1, 0.15) is 0 Å². The molecule has 0 bridgehead atoms. The molecule has 1 atom stereocenters. The van der Waals surface area contributed by atoms with Crippen LogP contribution in [0.5, 0.6) is 0 Å². The molecule has 4 nitrogen and oxygen atoms in total. The number of allylic oxidation sites excluding steroid dienone is 1. The normalized spacial score (nSPS) is 12.7. The van der Waals surface area contributed by atoms with Gasteiger partial charge in [-0.15, -0.1) is 0 Å². The Morgan fingerprint density at radius 2 is 1.88 bits per heavy atom. The van der Waals surface area contributed by atoms with E-state index in [1.807, 2.05) is 0 Å². The van der Waals surface area contributed by atoms with Crippen LogP contribution in [0.25, 0.3) is 0 Å². The molecule has 0 N–H and O–H groups in total. The van der Waals surface area contributed by atoms with Gasteiger partial charge in [0.2, 0.25) is 0 Å². The third-order valence-electron chi connectivity index (χ3n) is 1.87. The summed E-state index contributed by atoms with van der Waals surface area (Å²) in [6.45, 7) is 0. The van der Waals surface area contributed by atoms with E-state index in [4.69, 9.17) is 22.1 Å². The van der Waals surface area contributed by atoms with Gasteiger partial charge >= 0.3 is 0 Å². The SMILES string of the molecule is C[S@](=O)(=NC=C(C#N)C#N)c1ccc(Cl)cc1. The van der Waals surface area contributed by atoms with E-state index < -0.39 is 9.73 Å². The predicted octanol–water partition coefficient (Wildman–Crippen LogP) is 2.73. The molecule has 0 fully saturated rings. The largest absolute Gasteiger partial charge is 0.245 e. The maximum atomic E-state index is 12.2. The molecule has 0 aromatic heterocycles. The second kappa shape index (κ2) is 5.49. The van der Waals surface area contributed by atoms with Crippen molar-refractivity contribution in [3.63, 3.8) is 0 Å². The van der Waals surface area contributed by atoms with Crippen LogP contribution in [0, 0.1) is 22.7 Å². The highest BCUT2D eigenvalue weighted by Gasteiger charge is 2.04.